The Morgan fingerprint density at radius 2 is 1.16 bits per heavy atom. The Hall–Kier alpha value is -1.93. The van der Waals surface area contributed by atoms with Crippen LogP contribution in [0.25, 0.3) is 0 Å². The summed E-state index contributed by atoms with van der Waals surface area (Å²) in [7, 11) is 5.50. The number of carbonyl (C=O) groups excluding carboxylic acids is 2. The Bertz CT molecular complexity index is 762. The SMILES string of the molecule is CCCCCC/C=C/CCC(=O)OC(COCCC(C(=O)O)[N+](C)(C)C)COC(=O)CCCCCCCCCCCCCCC. The summed E-state index contributed by atoms with van der Waals surface area (Å²) in [6.07, 6.45) is 27.0. The van der Waals surface area contributed by atoms with Gasteiger partial charge in [0.25, 0.3) is 0 Å². The number of ether oxygens (including phenoxy) is 3. The fourth-order valence-corrected chi connectivity index (χ4v) is 5.28. The van der Waals surface area contributed by atoms with E-state index in [-0.39, 0.29) is 42.7 Å². The molecule has 8 heteroatoms. The molecule has 8 nitrogen and oxygen atoms in total. The smallest absolute Gasteiger partial charge is 0.362 e. The number of allylic oxidation sites excluding steroid dienone is 2. The first-order chi connectivity index (χ1) is 21.6. The summed E-state index contributed by atoms with van der Waals surface area (Å²) in [6.45, 7) is 4.64. The second-order valence-electron chi connectivity index (χ2n) is 13.5. The number of hydrogen-bond acceptors (Lipinski definition) is 6. The van der Waals surface area contributed by atoms with Gasteiger partial charge in [0.05, 0.1) is 34.4 Å². The van der Waals surface area contributed by atoms with Gasteiger partial charge in [-0.3, -0.25) is 9.59 Å². The van der Waals surface area contributed by atoms with Gasteiger partial charge in [-0.2, -0.15) is 0 Å². The third kappa shape index (κ3) is 28.1. The minimum Gasteiger partial charge on any atom is -0.477 e. The largest absolute Gasteiger partial charge is 0.477 e. The Kier molecular flexibility index (Phi) is 28.2. The lowest BCUT2D eigenvalue weighted by Crippen LogP contribution is -2.50. The van der Waals surface area contributed by atoms with Crippen molar-refractivity contribution in [2.75, 3.05) is 41.0 Å². The van der Waals surface area contributed by atoms with Gasteiger partial charge in [0.15, 0.2) is 12.1 Å². The molecular formula is C37H70NO7+. The highest BCUT2D eigenvalue weighted by molar-refractivity contribution is 5.72. The summed E-state index contributed by atoms with van der Waals surface area (Å²) >= 11 is 0. The molecule has 0 aromatic heterocycles. The second-order valence-corrected chi connectivity index (χ2v) is 13.5. The zero-order valence-electron chi connectivity index (χ0n) is 29.8. The molecule has 2 unspecified atom stereocenters. The molecule has 0 fully saturated rings. The van der Waals surface area contributed by atoms with Crippen LogP contribution in [0.5, 0.6) is 0 Å². The maximum absolute atomic E-state index is 12.5. The molecule has 0 rings (SSSR count). The van der Waals surface area contributed by atoms with Crippen molar-refractivity contribution in [1.29, 1.82) is 0 Å². The normalized spacial score (nSPS) is 13.2. The number of rotatable bonds is 32. The summed E-state index contributed by atoms with van der Waals surface area (Å²) in [5, 5.41) is 9.55. The van der Waals surface area contributed by atoms with Crippen molar-refractivity contribution in [2.45, 2.75) is 167 Å². The number of likely N-dealkylation sites (N-methyl/N-ethyl adjacent to an activating group) is 1. The van der Waals surface area contributed by atoms with Crippen LogP contribution in [0, 0.1) is 0 Å². The second kappa shape index (κ2) is 29.5. The van der Waals surface area contributed by atoms with Crippen LogP contribution in [0.1, 0.15) is 155 Å². The third-order valence-corrected chi connectivity index (χ3v) is 8.18. The molecule has 0 spiro atoms. The maximum Gasteiger partial charge on any atom is 0.362 e. The van der Waals surface area contributed by atoms with Crippen molar-refractivity contribution < 1.29 is 38.2 Å². The Morgan fingerprint density at radius 1 is 0.644 bits per heavy atom. The lowest BCUT2D eigenvalue weighted by atomic mass is 10.0. The summed E-state index contributed by atoms with van der Waals surface area (Å²) in [5.74, 6) is -1.53. The van der Waals surface area contributed by atoms with Crippen LogP contribution >= 0.6 is 0 Å². The van der Waals surface area contributed by atoms with Crippen LogP contribution in [0.15, 0.2) is 12.2 Å². The van der Waals surface area contributed by atoms with E-state index in [9.17, 15) is 19.5 Å². The molecule has 0 radical (unpaired) electrons. The zero-order valence-corrected chi connectivity index (χ0v) is 29.8. The molecule has 2 atom stereocenters. The summed E-state index contributed by atoms with van der Waals surface area (Å²) in [4.78, 5) is 36.5. The Balaban J connectivity index is 4.42. The van der Waals surface area contributed by atoms with Gasteiger partial charge in [-0.15, -0.1) is 0 Å². The molecule has 0 aliphatic heterocycles. The Morgan fingerprint density at radius 3 is 1.69 bits per heavy atom. The molecule has 1 N–H and O–H groups in total. The standard InChI is InChI=1S/C37H69NO7/c1-6-8-10-12-14-16-17-18-19-20-22-23-25-27-35(39)44-32-33(31-43-30-29-34(37(41)42)38(3,4)5)45-36(40)28-26-24-21-15-13-11-9-7-2/h21,24,33-34H,6-20,22-23,25-32H2,1-5H3/p+1/b24-21+. The van der Waals surface area contributed by atoms with Gasteiger partial charge in [0.1, 0.15) is 6.61 Å². The minimum atomic E-state index is -0.880. The number of quaternary nitrogens is 1. The van der Waals surface area contributed by atoms with Gasteiger partial charge in [-0.25, -0.2) is 4.79 Å². The molecule has 264 valence electrons. The molecule has 0 aromatic carbocycles. The number of nitrogens with zero attached hydrogens (tertiary/aromatic N) is 1. The Labute approximate surface area is 276 Å². The molecule has 0 bridgehead atoms. The summed E-state index contributed by atoms with van der Waals surface area (Å²) in [5.41, 5.74) is 0. The average molecular weight is 641 g/mol. The van der Waals surface area contributed by atoms with Crippen LogP contribution < -0.4 is 0 Å². The molecular weight excluding hydrogens is 570 g/mol. The molecule has 45 heavy (non-hydrogen) atoms. The van der Waals surface area contributed by atoms with Gasteiger partial charge in [-0.05, 0) is 25.7 Å². The molecule has 0 heterocycles. The summed E-state index contributed by atoms with van der Waals surface area (Å²) in [6, 6.07) is -0.613. The van der Waals surface area contributed by atoms with Crippen LogP contribution in [-0.2, 0) is 28.6 Å². The topological polar surface area (TPSA) is 99.1 Å². The molecule has 0 aromatic rings. The predicted molar refractivity (Wildman–Crippen MR) is 183 cm³/mol. The number of carboxylic acids is 1. The van der Waals surface area contributed by atoms with Gasteiger partial charge in [-0.1, -0.05) is 122 Å². The fourth-order valence-electron chi connectivity index (χ4n) is 5.28. The van der Waals surface area contributed by atoms with E-state index in [0.29, 0.717) is 19.3 Å². The van der Waals surface area contributed by atoms with E-state index in [1.807, 2.05) is 27.2 Å². The number of carbonyl (C=O) groups is 3. The quantitative estimate of drug-likeness (QED) is 0.0339. The highest BCUT2D eigenvalue weighted by atomic mass is 16.6. The minimum absolute atomic E-state index is 0.0501. The molecule has 0 saturated heterocycles. The number of esters is 2. The van der Waals surface area contributed by atoms with Crippen LogP contribution in [0.4, 0.5) is 0 Å². The fraction of sp³-hybridized carbons (Fsp3) is 0.865. The van der Waals surface area contributed by atoms with Crippen LogP contribution in [0.3, 0.4) is 0 Å². The van der Waals surface area contributed by atoms with Crippen molar-refractivity contribution in [2.24, 2.45) is 0 Å². The van der Waals surface area contributed by atoms with Crippen molar-refractivity contribution in [1.82, 2.24) is 0 Å². The van der Waals surface area contributed by atoms with E-state index in [1.54, 1.807) is 0 Å². The lowest BCUT2D eigenvalue weighted by Gasteiger charge is -2.31. The zero-order chi connectivity index (χ0) is 33.6. The lowest BCUT2D eigenvalue weighted by molar-refractivity contribution is -0.887. The predicted octanol–water partition coefficient (Wildman–Crippen LogP) is 8.80. The molecule has 0 saturated carbocycles. The number of hydrogen-bond donors (Lipinski definition) is 1. The van der Waals surface area contributed by atoms with Gasteiger partial charge < -0.3 is 23.8 Å². The average Bonchev–Trinajstić information content (AvgIpc) is 2.98. The number of unbranched alkanes of at least 4 members (excludes halogenated alkanes) is 16. The summed E-state index contributed by atoms with van der Waals surface area (Å²) < 4.78 is 17.1. The first kappa shape index (κ1) is 43.1. The van der Waals surface area contributed by atoms with E-state index >= 15 is 0 Å². The van der Waals surface area contributed by atoms with Gasteiger partial charge in [0.2, 0.25) is 0 Å². The number of aliphatic carboxylic acids is 1. The number of carboxylic acid groups (broad SMARTS) is 1. The molecule has 0 aliphatic carbocycles. The van der Waals surface area contributed by atoms with Crippen molar-refractivity contribution in [3.05, 3.63) is 12.2 Å². The van der Waals surface area contributed by atoms with Crippen molar-refractivity contribution in [3.8, 4) is 0 Å². The van der Waals surface area contributed by atoms with Crippen LogP contribution in [0.2, 0.25) is 0 Å². The highest BCUT2D eigenvalue weighted by Gasteiger charge is 2.31. The van der Waals surface area contributed by atoms with E-state index in [1.165, 1.54) is 83.5 Å². The van der Waals surface area contributed by atoms with E-state index in [0.717, 1.165) is 32.1 Å². The van der Waals surface area contributed by atoms with Crippen molar-refractivity contribution >= 4 is 17.9 Å². The molecule has 0 amide bonds. The first-order valence-electron chi connectivity index (χ1n) is 18.2. The van der Waals surface area contributed by atoms with E-state index < -0.39 is 18.1 Å². The highest BCUT2D eigenvalue weighted by Crippen LogP contribution is 2.14. The first-order valence-corrected chi connectivity index (χ1v) is 18.2. The monoisotopic (exact) mass is 641 g/mol. The van der Waals surface area contributed by atoms with Gasteiger partial charge in [0, 0.05) is 19.3 Å². The van der Waals surface area contributed by atoms with Crippen LogP contribution in [-0.4, -0.2) is 80.6 Å². The third-order valence-electron chi connectivity index (χ3n) is 8.18. The van der Waals surface area contributed by atoms with Gasteiger partial charge >= 0.3 is 17.9 Å². The van der Waals surface area contributed by atoms with E-state index in [4.69, 9.17) is 14.2 Å². The van der Waals surface area contributed by atoms with E-state index in [2.05, 4.69) is 19.9 Å². The molecule has 0 aliphatic rings. The van der Waals surface area contributed by atoms with Crippen molar-refractivity contribution in [3.63, 3.8) is 0 Å². The maximum atomic E-state index is 12.5.